The van der Waals surface area contributed by atoms with Crippen LogP contribution in [0, 0.1) is 5.92 Å². The van der Waals surface area contributed by atoms with E-state index in [2.05, 4.69) is 5.32 Å². The van der Waals surface area contributed by atoms with E-state index in [1.54, 1.807) is 24.3 Å². The van der Waals surface area contributed by atoms with E-state index < -0.39 is 17.9 Å². The van der Waals surface area contributed by atoms with Gasteiger partial charge >= 0.3 is 5.97 Å². The van der Waals surface area contributed by atoms with Gasteiger partial charge in [-0.25, -0.2) is 4.79 Å². The van der Waals surface area contributed by atoms with Crippen molar-refractivity contribution in [3.05, 3.63) is 29.8 Å². The molecule has 18 heavy (non-hydrogen) atoms. The Bertz CT molecular complexity index is 426. The number of amides is 1. The van der Waals surface area contributed by atoms with Crippen LogP contribution in [-0.2, 0) is 4.79 Å². The Kier molecular flexibility index (Phi) is 4.71. The van der Waals surface area contributed by atoms with Crippen LogP contribution in [0.3, 0.4) is 0 Å². The molecule has 0 saturated carbocycles. The standard InChI is InChI=1S/C13H18N2O3/c1-8(2)7-11(13(17)18)15-12(16)9-3-5-10(14)6-4-9/h3-6,8,11H,7,14H2,1-2H3,(H,15,16)(H,17,18)/t11-/m1/s1. The van der Waals surface area contributed by atoms with Crippen LogP contribution in [0.5, 0.6) is 0 Å². The summed E-state index contributed by atoms with van der Waals surface area (Å²) in [6, 6.07) is 5.48. The van der Waals surface area contributed by atoms with Gasteiger partial charge in [0.2, 0.25) is 0 Å². The largest absolute Gasteiger partial charge is 0.480 e. The molecule has 1 aromatic rings. The maximum absolute atomic E-state index is 11.8. The fourth-order valence-electron chi connectivity index (χ4n) is 1.57. The molecule has 0 fully saturated rings. The number of hydrogen-bond acceptors (Lipinski definition) is 3. The summed E-state index contributed by atoms with van der Waals surface area (Å²) in [7, 11) is 0. The summed E-state index contributed by atoms with van der Waals surface area (Å²) in [5.74, 6) is -1.23. The molecule has 0 aliphatic rings. The van der Waals surface area contributed by atoms with Crippen LogP contribution in [0.1, 0.15) is 30.6 Å². The van der Waals surface area contributed by atoms with E-state index in [9.17, 15) is 9.59 Å². The van der Waals surface area contributed by atoms with Gasteiger partial charge in [-0.3, -0.25) is 4.79 Å². The number of anilines is 1. The number of hydrogen-bond donors (Lipinski definition) is 3. The van der Waals surface area contributed by atoms with Crippen molar-refractivity contribution in [3.8, 4) is 0 Å². The lowest BCUT2D eigenvalue weighted by molar-refractivity contribution is -0.139. The molecule has 0 aromatic heterocycles. The van der Waals surface area contributed by atoms with Gasteiger partial charge in [-0.05, 0) is 36.6 Å². The molecule has 1 amide bonds. The highest BCUT2D eigenvalue weighted by atomic mass is 16.4. The lowest BCUT2D eigenvalue weighted by Gasteiger charge is -2.16. The van der Waals surface area contributed by atoms with Crippen LogP contribution in [0.15, 0.2) is 24.3 Å². The molecular weight excluding hydrogens is 232 g/mol. The number of benzene rings is 1. The predicted octanol–water partition coefficient (Wildman–Crippen LogP) is 1.50. The highest BCUT2D eigenvalue weighted by Gasteiger charge is 2.21. The molecule has 0 bridgehead atoms. The number of carboxylic acid groups (broad SMARTS) is 1. The van der Waals surface area contributed by atoms with E-state index >= 15 is 0 Å². The second kappa shape index (κ2) is 6.05. The highest BCUT2D eigenvalue weighted by molar-refractivity contribution is 5.96. The van der Waals surface area contributed by atoms with Gasteiger partial charge < -0.3 is 16.2 Å². The molecular formula is C13H18N2O3. The van der Waals surface area contributed by atoms with Crippen molar-refractivity contribution >= 4 is 17.6 Å². The topological polar surface area (TPSA) is 92.4 Å². The summed E-state index contributed by atoms with van der Waals surface area (Å²) in [5, 5.41) is 11.5. The molecule has 4 N–H and O–H groups in total. The van der Waals surface area contributed by atoms with E-state index in [4.69, 9.17) is 10.8 Å². The van der Waals surface area contributed by atoms with Crippen molar-refractivity contribution in [2.45, 2.75) is 26.3 Å². The number of carbonyl (C=O) groups is 2. The molecule has 5 nitrogen and oxygen atoms in total. The third kappa shape index (κ3) is 4.08. The number of aliphatic carboxylic acids is 1. The van der Waals surface area contributed by atoms with Crippen LogP contribution < -0.4 is 11.1 Å². The number of nitrogens with one attached hydrogen (secondary N) is 1. The molecule has 0 unspecified atom stereocenters. The maximum atomic E-state index is 11.8. The van der Waals surface area contributed by atoms with Gasteiger partial charge in [0.15, 0.2) is 0 Å². The first-order valence-corrected chi connectivity index (χ1v) is 5.79. The average molecular weight is 250 g/mol. The van der Waals surface area contributed by atoms with Crippen molar-refractivity contribution in [2.75, 3.05) is 5.73 Å². The monoisotopic (exact) mass is 250 g/mol. The Labute approximate surface area is 106 Å². The summed E-state index contributed by atoms with van der Waals surface area (Å²) in [6.45, 7) is 3.82. The second-order valence-corrected chi connectivity index (χ2v) is 4.62. The first-order chi connectivity index (χ1) is 8.40. The van der Waals surface area contributed by atoms with Gasteiger partial charge in [0.1, 0.15) is 6.04 Å². The van der Waals surface area contributed by atoms with Gasteiger partial charge in [-0.2, -0.15) is 0 Å². The summed E-state index contributed by atoms with van der Waals surface area (Å²) in [5.41, 5.74) is 6.48. The van der Waals surface area contributed by atoms with Crippen molar-refractivity contribution in [1.82, 2.24) is 5.32 Å². The Morgan fingerprint density at radius 2 is 1.83 bits per heavy atom. The zero-order chi connectivity index (χ0) is 13.7. The van der Waals surface area contributed by atoms with E-state index in [0.29, 0.717) is 17.7 Å². The van der Waals surface area contributed by atoms with Gasteiger partial charge in [0.05, 0.1) is 0 Å². The molecule has 0 aliphatic heterocycles. The average Bonchev–Trinajstić information content (AvgIpc) is 2.28. The Morgan fingerprint density at radius 3 is 2.28 bits per heavy atom. The zero-order valence-electron chi connectivity index (χ0n) is 10.5. The molecule has 1 atom stereocenters. The normalized spacial score (nSPS) is 12.2. The first-order valence-electron chi connectivity index (χ1n) is 5.79. The minimum atomic E-state index is -1.02. The minimum Gasteiger partial charge on any atom is -0.480 e. The molecule has 0 heterocycles. The van der Waals surface area contributed by atoms with Crippen molar-refractivity contribution in [2.24, 2.45) is 5.92 Å². The van der Waals surface area contributed by atoms with E-state index in [0.717, 1.165) is 0 Å². The highest BCUT2D eigenvalue weighted by Crippen LogP contribution is 2.08. The molecule has 0 radical (unpaired) electrons. The Morgan fingerprint density at radius 1 is 1.28 bits per heavy atom. The molecule has 98 valence electrons. The number of carboxylic acids is 1. The van der Waals surface area contributed by atoms with Gasteiger partial charge in [0, 0.05) is 11.3 Å². The summed E-state index contributed by atoms with van der Waals surface area (Å²) in [6.07, 6.45) is 0.399. The van der Waals surface area contributed by atoms with E-state index in [1.165, 1.54) is 0 Å². The van der Waals surface area contributed by atoms with Crippen LogP contribution >= 0.6 is 0 Å². The van der Waals surface area contributed by atoms with Crippen molar-refractivity contribution < 1.29 is 14.7 Å². The lowest BCUT2D eigenvalue weighted by Crippen LogP contribution is -2.41. The molecule has 5 heteroatoms. The van der Waals surface area contributed by atoms with Crippen LogP contribution in [0.2, 0.25) is 0 Å². The maximum Gasteiger partial charge on any atom is 0.326 e. The molecule has 0 spiro atoms. The van der Waals surface area contributed by atoms with Gasteiger partial charge in [-0.15, -0.1) is 0 Å². The van der Waals surface area contributed by atoms with E-state index in [-0.39, 0.29) is 5.92 Å². The summed E-state index contributed by atoms with van der Waals surface area (Å²) >= 11 is 0. The van der Waals surface area contributed by atoms with Gasteiger partial charge in [0.25, 0.3) is 5.91 Å². The quantitative estimate of drug-likeness (QED) is 0.690. The summed E-state index contributed by atoms with van der Waals surface area (Å²) < 4.78 is 0. The number of carbonyl (C=O) groups excluding carboxylic acids is 1. The third-order valence-corrected chi connectivity index (χ3v) is 2.48. The number of nitrogen functional groups attached to an aromatic ring is 1. The van der Waals surface area contributed by atoms with E-state index in [1.807, 2.05) is 13.8 Å². The Hall–Kier alpha value is -2.04. The second-order valence-electron chi connectivity index (χ2n) is 4.62. The lowest BCUT2D eigenvalue weighted by atomic mass is 10.0. The number of nitrogens with two attached hydrogens (primary N) is 1. The van der Waals surface area contributed by atoms with Gasteiger partial charge in [-0.1, -0.05) is 13.8 Å². The minimum absolute atomic E-state index is 0.192. The summed E-state index contributed by atoms with van der Waals surface area (Å²) in [4.78, 5) is 22.9. The molecule has 1 aromatic carbocycles. The third-order valence-electron chi connectivity index (χ3n) is 2.48. The number of rotatable bonds is 5. The van der Waals surface area contributed by atoms with Crippen LogP contribution in [0.25, 0.3) is 0 Å². The van der Waals surface area contributed by atoms with Crippen molar-refractivity contribution in [3.63, 3.8) is 0 Å². The Balaban J connectivity index is 2.72. The fraction of sp³-hybridized carbons (Fsp3) is 0.385. The zero-order valence-corrected chi connectivity index (χ0v) is 10.5. The molecule has 0 saturated heterocycles. The fourth-order valence-corrected chi connectivity index (χ4v) is 1.57. The SMILES string of the molecule is CC(C)C[C@@H](NC(=O)c1ccc(N)cc1)C(=O)O. The smallest absolute Gasteiger partial charge is 0.326 e. The first kappa shape index (κ1) is 14.0. The van der Waals surface area contributed by atoms with Crippen LogP contribution in [0.4, 0.5) is 5.69 Å². The molecule has 1 rings (SSSR count). The predicted molar refractivity (Wildman–Crippen MR) is 69.2 cm³/mol. The molecule has 0 aliphatic carbocycles. The van der Waals surface area contributed by atoms with Crippen molar-refractivity contribution in [1.29, 1.82) is 0 Å². The van der Waals surface area contributed by atoms with Crippen LogP contribution in [-0.4, -0.2) is 23.0 Å².